The van der Waals surface area contributed by atoms with E-state index in [0.29, 0.717) is 25.4 Å². The van der Waals surface area contributed by atoms with Crippen LogP contribution in [-0.4, -0.2) is 67.2 Å². The lowest BCUT2D eigenvalue weighted by Crippen LogP contribution is -2.49. The molecule has 2 amide bonds. The Morgan fingerprint density at radius 1 is 1.21 bits per heavy atom. The fourth-order valence-electron chi connectivity index (χ4n) is 3.79. The maximum atomic E-state index is 12.5. The van der Waals surface area contributed by atoms with Gasteiger partial charge in [0.2, 0.25) is 11.8 Å². The van der Waals surface area contributed by atoms with Crippen molar-refractivity contribution in [2.75, 3.05) is 31.9 Å². The third kappa shape index (κ3) is 3.92. The van der Waals surface area contributed by atoms with Crippen LogP contribution < -0.4 is 0 Å². The van der Waals surface area contributed by atoms with E-state index in [4.69, 9.17) is 0 Å². The third-order valence-corrected chi connectivity index (χ3v) is 7.50. The standard InChI is InChI=1S/C17H30N2O4S/c1-5-24(22,23)14(4)16(21)18-8-6-17(7-9-18)10-15(20)19(12-17)11-13(2)3/h13-14H,5-12H2,1-4H3/t14-/m1/s1. The average Bonchev–Trinajstić information content (AvgIpc) is 2.81. The zero-order valence-electron chi connectivity index (χ0n) is 15.2. The van der Waals surface area contributed by atoms with E-state index in [9.17, 15) is 18.0 Å². The normalized spacial score (nSPS) is 22.5. The van der Waals surface area contributed by atoms with Crippen LogP contribution in [-0.2, 0) is 19.4 Å². The summed E-state index contributed by atoms with van der Waals surface area (Å²) in [7, 11) is -3.36. The van der Waals surface area contributed by atoms with Gasteiger partial charge in [-0.3, -0.25) is 9.59 Å². The van der Waals surface area contributed by atoms with Crippen LogP contribution in [0.1, 0.15) is 47.0 Å². The molecule has 2 fully saturated rings. The second-order valence-corrected chi connectivity index (χ2v) is 10.4. The Kier molecular flexibility index (Phi) is 5.62. The maximum absolute atomic E-state index is 12.5. The topological polar surface area (TPSA) is 74.8 Å². The lowest BCUT2D eigenvalue weighted by atomic mass is 9.77. The highest BCUT2D eigenvalue weighted by atomic mass is 32.2. The fraction of sp³-hybridized carbons (Fsp3) is 0.882. The van der Waals surface area contributed by atoms with Crippen LogP contribution in [0.15, 0.2) is 0 Å². The molecule has 2 aliphatic heterocycles. The lowest BCUT2D eigenvalue weighted by Gasteiger charge is -2.39. The molecule has 0 aliphatic carbocycles. The van der Waals surface area contributed by atoms with Gasteiger partial charge >= 0.3 is 0 Å². The number of likely N-dealkylation sites (tertiary alicyclic amines) is 2. The van der Waals surface area contributed by atoms with Crippen LogP contribution in [0.5, 0.6) is 0 Å². The second kappa shape index (κ2) is 7.02. The molecule has 0 aromatic carbocycles. The molecule has 0 unspecified atom stereocenters. The van der Waals surface area contributed by atoms with Crippen LogP contribution in [0, 0.1) is 11.3 Å². The summed E-state index contributed by atoms with van der Waals surface area (Å²) in [6, 6.07) is 0. The number of rotatable bonds is 5. The summed E-state index contributed by atoms with van der Waals surface area (Å²) in [6.07, 6.45) is 2.11. The molecule has 24 heavy (non-hydrogen) atoms. The predicted octanol–water partition coefficient (Wildman–Crippen LogP) is 1.31. The first kappa shape index (κ1) is 19.2. The summed E-state index contributed by atoms with van der Waals surface area (Å²) < 4.78 is 23.8. The molecule has 2 aliphatic rings. The third-order valence-electron chi connectivity index (χ3n) is 5.42. The van der Waals surface area contributed by atoms with Crippen LogP contribution in [0.3, 0.4) is 0 Å². The largest absolute Gasteiger partial charge is 0.342 e. The molecule has 2 saturated heterocycles. The minimum Gasteiger partial charge on any atom is -0.342 e. The number of nitrogens with zero attached hydrogens (tertiary/aromatic N) is 2. The molecule has 6 nitrogen and oxygen atoms in total. The summed E-state index contributed by atoms with van der Waals surface area (Å²) in [5.41, 5.74) is -0.0321. The van der Waals surface area contributed by atoms with Crippen LogP contribution >= 0.6 is 0 Å². The van der Waals surface area contributed by atoms with Crippen molar-refractivity contribution in [2.45, 2.75) is 52.2 Å². The van der Waals surface area contributed by atoms with Gasteiger partial charge < -0.3 is 9.80 Å². The van der Waals surface area contributed by atoms with Gasteiger partial charge in [-0.05, 0) is 25.7 Å². The first-order valence-electron chi connectivity index (χ1n) is 8.88. The monoisotopic (exact) mass is 358 g/mol. The maximum Gasteiger partial charge on any atom is 0.240 e. The van der Waals surface area contributed by atoms with Gasteiger partial charge in [-0.25, -0.2) is 8.42 Å². The van der Waals surface area contributed by atoms with Crippen LogP contribution in [0.2, 0.25) is 0 Å². The van der Waals surface area contributed by atoms with Crippen molar-refractivity contribution in [3.8, 4) is 0 Å². The summed E-state index contributed by atoms with van der Waals surface area (Å²) in [6.45, 7) is 9.91. The lowest BCUT2D eigenvalue weighted by molar-refractivity contribution is -0.132. The summed E-state index contributed by atoms with van der Waals surface area (Å²) in [4.78, 5) is 28.3. The highest BCUT2D eigenvalue weighted by molar-refractivity contribution is 7.92. The molecule has 1 atom stereocenters. The highest BCUT2D eigenvalue weighted by Crippen LogP contribution is 2.41. The molecule has 7 heteroatoms. The van der Waals surface area contributed by atoms with Crippen molar-refractivity contribution in [1.29, 1.82) is 0 Å². The molecule has 0 aromatic heterocycles. The van der Waals surface area contributed by atoms with Gasteiger partial charge in [0.15, 0.2) is 9.84 Å². The molecule has 138 valence electrons. The van der Waals surface area contributed by atoms with Crippen molar-refractivity contribution >= 4 is 21.7 Å². The van der Waals surface area contributed by atoms with Gasteiger partial charge in [-0.2, -0.15) is 0 Å². The Hall–Kier alpha value is -1.11. The van der Waals surface area contributed by atoms with Crippen molar-refractivity contribution in [1.82, 2.24) is 9.80 Å². The van der Waals surface area contributed by atoms with Gasteiger partial charge in [-0.15, -0.1) is 0 Å². The number of hydrogen-bond donors (Lipinski definition) is 0. The molecule has 0 radical (unpaired) electrons. The second-order valence-electron chi connectivity index (χ2n) is 7.76. The Morgan fingerprint density at radius 3 is 2.29 bits per heavy atom. The molecule has 0 N–H and O–H groups in total. The van der Waals surface area contributed by atoms with E-state index in [1.807, 2.05) is 4.90 Å². The first-order chi connectivity index (χ1) is 11.1. The molecule has 0 saturated carbocycles. The molecule has 2 heterocycles. The van der Waals surface area contributed by atoms with Crippen molar-refractivity contribution in [2.24, 2.45) is 11.3 Å². The zero-order chi connectivity index (χ0) is 18.1. The Labute approximate surface area is 145 Å². The number of sulfone groups is 1. The summed E-state index contributed by atoms with van der Waals surface area (Å²) in [5.74, 6) is 0.349. The van der Waals surface area contributed by atoms with Crippen LogP contribution in [0.25, 0.3) is 0 Å². The molecular formula is C17H30N2O4S. The Morgan fingerprint density at radius 2 is 1.79 bits per heavy atom. The smallest absolute Gasteiger partial charge is 0.240 e. The summed E-state index contributed by atoms with van der Waals surface area (Å²) in [5, 5.41) is -0.973. The molecule has 2 rings (SSSR count). The minimum absolute atomic E-state index is 0.0175. The molecular weight excluding hydrogens is 328 g/mol. The van der Waals surface area contributed by atoms with E-state index in [2.05, 4.69) is 13.8 Å². The zero-order valence-corrected chi connectivity index (χ0v) is 16.1. The Balaban J connectivity index is 1.97. The molecule has 1 spiro atoms. The number of amides is 2. The van der Waals surface area contributed by atoms with Gasteiger partial charge in [0.1, 0.15) is 5.25 Å². The van der Waals surface area contributed by atoms with E-state index in [1.165, 1.54) is 6.92 Å². The summed E-state index contributed by atoms with van der Waals surface area (Å²) >= 11 is 0. The van der Waals surface area contributed by atoms with Crippen molar-refractivity contribution in [3.63, 3.8) is 0 Å². The average molecular weight is 359 g/mol. The number of carbonyl (C=O) groups is 2. The predicted molar refractivity (Wildman–Crippen MR) is 93.2 cm³/mol. The number of hydrogen-bond acceptors (Lipinski definition) is 4. The van der Waals surface area contributed by atoms with Crippen molar-refractivity contribution in [3.05, 3.63) is 0 Å². The SMILES string of the molecule is CCS(=O)(=O)[C@H](C)C(=O)N1CCC2(CC1)CC(=O)N(CC(C)C)C2. The van der Waals surface area contributed by atoms with E-state index in [0.717, 1.165) is 25.9 Å². The van der Waals surface area contributed by atoms with Gasteiger partial charge in [0, 0.05) is 43.8 Å². The van der Waals surface area contributed by atoms with E-state index >= 15 is 0 Å². The quantitative estimate of drug-likeness (QED) is 0.742. The van der Waals surface area contributed by atoms with Crippen molar-refractivity contribution < 1.29 is 18.0 Å². The van der Waals surface area contributed by atoms with Gasteiger partial charge in [-0.1, -0.05) is 20.8 Å². The molecule has 0 bridgehead atoms. The first-order valence-corrected chi connectivity index (χ1v) is 10.6. The molecule has 0 aromatic rings. The number of carbonyl (C=O) groups excluding carboxylic acids is 2. The van der Waals surface area contributed by atoms with E-state index in [-0.39, 0.29) is 23.0 Å². The highest BCUT2D eigenvalue weighted by Gasteiger charge is 2.46. The Bertz CT molecular complexity index is 592. The van der Waals surface area contributed by atoms with Crippen LogP contribution in [0.4, 0.5) is 0 Å². The minimum atomic E-state index is -3.36. The fourth-order valence-corrected chi connectivity index (χ4v) is 4.74. The van der Waals surface area contributed by atoms with Gasteiger partial charge in [0.25, 0.3) is 0 Å². The number of piperidine rings is 1. The van der Waals surface area contributed by atoms with E-state index < -0.39 is 15.1 Å². The van der Waals surface area contributed by atoms with Gasteiger partial charge in [0.05, 0.1) is 0 Å². The van der Waals surface area contributed by atoms with E-state index in [1.54, 1.807) is 11.8 Å².